The third-order valence-corrected chi connectivity index (χ3v) is 3.45. The molecular formula is C13H24N2O. The minimum atomic E-state index is 0.813. The molecular weight excluding hydrogens is 200 g/mol. The Morgan fingerprint density at radius 2 is 2.38 bits per heavy atom. The number of hydrogen-bond donors (Lipinski definition) is 1. The zero-order chi connectivity index (χ0) is 11.2. The fourth-order valence-corrected chi connectivity index (χ4v) is 2.14. The van der Waals surface area contributed by atoms with Gasteiger partial charge in [0.05, 0.1) is 6.61 Å². The number of nitrogens with one attached hydrogen (secondary N) is 1. The summed E-state index contributed by atoms with van der Waals surface area (Å²) >= 11 is 0. The summed E-state index contributed by atoms with van der Waals surface area (Å²) in [5.41, 5.74) is 1.46. The van der Waals surface area contributed by atoms with Crippen molar-refractivity contribution in [2.75, 3.05) is 46.4 Å². The first kappa shape index (κ1) is 12.1. The van der Waals surface area contributed by atoms with Gasteiger partial charge in [0.15, 0.2) is 0 Å². The summed E-state index contributed by atoms with van der Waals surface area (Å²) in [6, 6.07) is 0. The van der Waals surface area contributed by atoms with Crippen LogP contribution in [0.2, 0.25) is 0 Å². The van der Waals surface area contributed by atoms with E-state index in [1.807, 2.05) is 0 Å². The first-order chi connectivity index (χ1) is 7.88. The summed E-state index contributed by atoms with van der Waals surface area (Å²) < 4.78 is 5.15. The highest BCUT2D eigenvalue weighted by atomic mass is 16.5. The van der Waals surface area contributed by atoms with Crippen LogP contribution in [0.25, 0.3) is 0 Å². The zero-order valence-electron chi connectivity index (χ0n) is 10.4. The van der Waals surface area contributed by atoms with Gasteiger partial charge < -0.3 is 10.1 Å². The summed E-state index contributed by atoms with van der Waals surface area (Å²) in [7, 11) is 1.77. The molecule has 0 aromatic carbocycles. The lowest BCUT2D eigenvalue weighted by Crippen LogP contribution is -2.36. The Hall–Kier alpha value is -0.380. The standard InChI is InChI=1S/C13H24N2O/c1-16-11-13-4-7-15(8-5-13)9-6-14-10-12-2-3-12/h4,12,14H,2-3,5-11H2,1H3. The van der Waals surface area contributed by atoms with Crippen LogP contribution in [0, 0.1) is 5.92 Å². The van der Waals surface area contributed by atoms with Crippen LogP contribution >= 0.6 is 0 Å². The van der Waals surface area contributed by atoms with Crippen molar-refractivity contribution in [1.82, 2.24) is 10.2 Å². The van der Waals surface area contributed by atoms with Gasteiger partial charge in [0, 0.05) is 33.3 Å². The highest BCUT2D eigenvalue weighted by Gasteiger charge is 2.20. The fourth-order valence-electron chi connectivity index (χ4n) is 2.14. The topological polar surface area (TPSA) is 24.5 Å². The van der Waals surface area contributed by atoms with Crippen LogP contribution in [0.5, 0.6) is 0 Å². The van der Waals surface area contributed by atoms with E-state index >= 15 is 0 Å². The number of methoxy groups -OCH3 is 1. The molecule has 0 aromatic rings. The molecule has 0 spiro atoms. The third-order valence-electron chi connectivity index (χ3n) is 3.45. The van der Waals surface area contributed by atoms with Crippen molar-refractivity contribution >= 4 is 0 Å². The van der Waals surface area contributed by atoms with E-state index in [1.165, 1.54) is 44.5 Å². The molecule has 1 aliphatic carbocycles. The Morgan fingerprint density at radius 1 is 1.50 bits per heavy atom. The van der Waals surface area contributed by atoms with Gasteiger partial charge in [0.25, 0.3) is 0 Å². The van der Waals surface area contributed by atoms with Gasteiger partial charge >= 0.3 is 0 Å². The molecule has 0 atom stereocenters. The Bertz CT molecular complexity index is 236. The minimum absolute atomic E-state index is 0.813. The molecule has 16 heavy (non-hydrogen) atoms. The van der Waals surface area contributed by atoms with Crippen molar-refractivity contribution in [1.29, 1.82) is 0 Å². The van der Waals surface area contributed by atoms with Crippen LogP contribution in [-0.4, -0.2) is 51.3 Å². The van der Waals surface area contributed by atoms with Crippen LogP contribution in [-0.2, 0) is 4.74 Å². The number of ether oxygens (including phenoxy) is 1. The number of hydrogen-bond acceptors (Lipinski definition) is 3. The molecule has 2 aliphatic rings. The van der Waals surface area contributed by atoms with Crippen LogP contribution in [0.1, 0.15) is 19.3 Å². The second-order valence-electron chi connectivity index (χ2n) is 4.99. The van der Waals surface area contributed by atoms with Crippen molar-refractivity contribution in [3.05, 3.63) is 11.6 Å². The molecule has 3 heteroatoms. The normalized spacial score (nSPS) is 22.2. The van der Waals surface area contributed by atoms with Crippen LogP contribution in [0.3, 0.4) is 0 Å². The molecule has 0 amide bonds. The summed E-state index contributed by atoms with van der Waals surface area (Å²) in [6.45, 7) is 6.67. The van der Waals surface area contributed by atoms with Crippen LogP contribution in [0.4, 0.5) is 0 Å². The van der Waals surface area contributed by atoms with Crippen molar-refractivity contribution in [3.63, 3.8) is 0 Å². The molecule has 1 N–H and O–H groups in total. The molecule has 0 bridgehead atoms. The second kappa shape index (κ2) is 6.38. The fraction of sp³-hybridized carbons (Fsp3) is 0.846. The monoisotopic (exact) mass is 224 g/mol. The second-order valence-corrected chi connectivity index (χ2v) is 4.99. The quantitative estimate of drug-likeness (QED) is 0.520. The van der Waals surface area contributed by atoms with Crippen LogP contribution in [0.15, 0.2) is 11.6 Å². The molecule has 0 radical (unpaired) electrons. The Kier molecular flexibility index (Phi) is 4.82. The SMILES string of the molecule is COCC1=CCN(CCNCC2CC2)CC1. The molecule has 1 heterocycles. The number of rotatable bonds is 7. The molecule has 1 fully saturated rings. The number of nitrogens with zero attached hydrogens (tertiary/aromatic N) is 1. The lowest BCUT2D eigenvalue weighted by atomic mass is 10.1. The van der Waals surface area contributed by atoms with E-state index in [9.17, 15) is 0 Å². The van der Waals surface area contributed by atoms with Gasteiger partial charge in [-0.05, 0) is 37.3 Å². The highest BCUT2D eigenvalue weighted by Crippen LogP contribution is 2.27. The molecule has 92 valence electrons. The van der Waals surface area contributed by atoms with Gasteiger partial charge in [-0.15, -0.1) is 0 Å². The summed E-state index contributed by atoms with van der Waals surface area (Å²) in [4.78, 5) is 2.51. The van der Waals surface area contributed by atoms with Gasteiger partial charge in [-0.25, -0.2) is 0 Å². The van der Waals surface area contributed by atoms with E-state index in [1.54, 1.807) is 7.11 Å². The highest BCUT2D eigenvalue weighted by molar-refractivity contribution is 5.07. The predicted molar refractivity (Wildman–Crippen MR) is 66.6 cm³/mol. The van der Waals surface area contributed by atoms with E-state index in [0.717, 1.165) is 25.6 Å². The Labute approximate surface area is 98.8 Å². The molecule has 0 unspecified atom stereocenters. The van der Waals surface area contributed by atoms with E-state index < -0.39 is 0 Å². The maximum absolute atomic E-state index is 5.15. The summed E-state index contributed by atoms with van der Waals surface area (Å²) in [5, 5.41) is 3.54. The minimum Gasteiger partial charge on any atom is -0.380 e. The first-order valence-corrected chi connectivity index (χ1v) is 6.48. The predicted octanol–water partition coefficient (Wildman–Crippen LogP) is 1.26. The zero-order valence-corrected chi connectivity index (χ0v) is 10.4. The van der Waals surface area contributed by atoms with Crippen molar-refractivity contribution in [2.24, 2.45) is 5.92 Å². The van der Waals surface area contributed by atoms with Gasteiger partial charge in [0.2, 0.25) is 0 Å². The maximum atomic E-state index is 5.15. The average molecular weight is 224 g/mol. The third kappa shape index (κ3) is 4.24. The first-order valence-electron chi connectivity index (χ1n) is 6.48. The van der Waals surface area contributed by atoms with E-state index in [-0.39, 0.29) is 0 Å². The molecule has 1 aliphatic heterocycles. The van der Waals surface area contributed by atoms with Crippen molar-refractivity contribution in [2.45, 2.75) is 19.3 Å². The Balaban J connectivity index is 1.53. The average Bonchev–Trinajstić information content (AvgIpc) is 3.11. The molecule has 3 nitrogen and oxygen atoms in total. The van der Waals surface area contributed by atoms with Crippen LogP contribution < -0.4 is 5.32 Å². The van der Waals surface area contributed by atoms with E-state index in [0.29, 0.717) is 0 Å². The van der Waals surface area contributed by atoms with E-state index in [4.69, 9.17) is 4.74 Å². The maximum Gasteiger partial charge on any atom is 0.0673 e. The molecule has 2 rings (SSSR count). The molecule has 0 aromatic heterocycles. The smallest absolute Gasteiger partial charge is 0.0673 e. The van der Waals surface area contributed by atoms with Gasteiger partial charge in [-0.3, -0.25) is 4.90 Å². The summed E-state index contributed by atoms with van der Waals surface area (Å²) in [5.74, 6) is 0.995. The van der Waals surface area contributed by atoms with Gasteiger partial charge in [-0.2, -0.15) is 0 Å². The van der Waals surface area contributed by atoms with Gasteiger partial charge in [0.1, 0.15) is 0 Å². The van der Waals surface area contributed by atoms with Gasteiger partial charge in [-0.1, -0.05) is 6.08 Å². The van der Waals surface area contributed by atoms with E-state index in [2.05, 4.69) is 16.3 Å². The lowest BCUT2D eigenvalue weighted by molar-refractivity contribution is 0.211. The van der Waals surface area contributed by atoms with Crippen molar-refractivity contribution in [3.8, 4) is 0 Å². The lowest BCUT2D eigenvalue weighted by Gasteiger charge is -2.26. The molecule has 1 saturated carbocycles. The Morgan fingerprint density at radius 3 is 3.00 bits per heavy atom. The summed E-state index contributed by atoms with van der Waals surface area (Å²) in [6.07, 6.45) is 6.39. The largest absolute Gasteiger partial charge is 0.380 e. The molecule has 0 saturated heterocycles. The van der Waals surface area contributed by atoms with Crippen molar-refractivity contribution < 1.29 is 4.74 Å².